The molecule has 0 amide bonds. The number of benzene rings is 2. The number of hydrogen-bond acceptors (Lipinski definition) is 5. The third kappa shape index (κ3) is 4.44. The second-order valence-corrected chi connectivity index (χ2v) is 7.69. The number of nitrogens with zero attached hydrogens (tertiary/aromatic N) is 1. The van der Waals surface area contributed by atoms with Crippen LogP contribution in [0, 0.1) is 10.1 Å². The number of nitro benzene ring substituents is 1. The van der Waals surface area contributed by atoms with Gasteiger partial charge in [-0.1, -0.05) is 36.4 Å². The second kappa shape index (κ2) is 8.77. The molecule has 2 aromatic carbocycles. The van der Waals surface area contributed by atoms with E-state index in [0.29, 0.717) is 23.4 Å². The molecule has 0 spiro atoms. The Morgan fingerprint density at radius 3 is 2.46 bits per heavy atom. The molecule has 3 aromatic rings. The monoisotopic (exact) mass is 396 g/mol. The fourth-order valence-electron chi connectivity index (χ4n) is 3.02. The van der Waals surface area contributed by atoms with Crippen molar-refractivity contribution in [3.63, 3.8) is 0 Å². The highest BCUT2D eigenvalue weighted by molar-refractivity contribution is 7.10. The number of ketones is 1. The van der Waals surface area contributed by atoms with Crippen LogP contribution in [0.1, 0.15) is 26.8 Å². The molecule has 0 fully saturated rings. The molecule has 1 atom stereocenters. The summed E-state index contributed by atoms with van der Waals surface area (Å²) in [4.78, 5) is 26.2. The Labute approximate surface area is 167 Å². The van der Waals surface area contributed by atoms with Crippen LogP contribution in [-0.2, 0) is 0 Å². The predicted octanol–water partition coefficient (Wildman–Crippen LogP) is 3.19. The van der Waals surface area contributed by atoms with Gasteiger partial charge in [-0.25, -0.2) is 0 Å². The van der Waals surface area contributed by atoms with Gasteiger partial charge in [0.05, 0.1) is 30.4 Å². The van der Waals surface area contributed by atoms with Crippen LogP contribution in [0.5, 0.6) is 0 Å². The molecule has 0 aliphatic carbocycles. The first-order valence-electron chi connectivity index (χ1n) is 8.93. The summed E-state index contributed by atoms with van der Waals surface area (Å²) in [6, 6.07) is 17.6. The van der Waals surface area contributed by atoms with Crippen LogP contribution >= 0.6 is 11.3 Å². The van der Waals surface area contributed by atoms with Gasteiger partial charge in [0, 0.05) is 17.2 Å². The maximum Gasteiger partial charge on any atom is 0.293 e. The Morgan fingerprint density at radius 1 is 1.11 bits per heavy atom. The zero-order valence-electron chi connectivity index (χ0n) is 15.7. The maximum atomic E-state index is 12.6. The zero-order valence-corrected chi connectivity index (χ0v) is 16.5. The number of hydrogen-bond donors (Lipinski definition) is 2. The van der Waals surface area contributed by atoms with E-state index in [1.54, 1.807) is 47.7 Å². The number of carbonyl (C=O) groups excluding carboxylic acids is 1. The lowest BCUT2D eigenvalue weighted by atomic mass is 10.0. The predicted molar refractivity (Wildman–Crippen MR) is 111 cm³/mol. The molecule has 7 heteroatoms. The first-order valence-corrected chi connectivity index (χ1v) is 9.81. The molecule has 2 N–H and O–H groups in total. The summed E-state index contributed by atoms with van der Waals surface area (Å²) in [5.41, 5.74) is 1.13. The van der Waals surface area contributed by atoms with E-state index < -0.39 is 4.92 Å². The number of anilines is 1. The van der Waals surface area contributed by atoms with E-state index in [4.69, 9.17) is 0 Å². The normalized spacial score (nSPS) is 12.0. The van der Waals surface area contributed by atoms with Gasteiger partial charge in [0.15, 0.2) is 5.78 Å². The molecule has 1 aromatic heterocycles. The minimum Gasteiger partial charge on any atom is -0.373 e. The average molecular weight is 396 g/mol. The molecular weight excluding hydrogens is 374 g/mol. The van der Waals surface area contributed by atoms with Crippen LogP contribution in [0.25, 0.3) is 0 Å². The van der Waals surface area contributed by atoms with Crippen molar-refractivity contribution in [3.05, 3.63) is 92.2 Å². The van der Waals surface area contributed by atoms with E-state index in [9.17, 15) is 14.9 Å². The van der Waals surface area contributed by atoms with E-state index in [1.165, 1.54) is 15.8 Å². The third-order valence-corrected chi connectivity index (χ3v) is 5.56. The van der Waals surface area contributed by atoms with Gasteiger partial charge in [0.2, 0.25) is 0 Å². The van der Waals surface area contributed by atoms with Crippen LogP contribution in [0.15, 0.2) is 66.0 Å². The number of thiophene rings is 1. The van der Waals surface area contributed by atoms with E-state index in [-0.39, 0.29) is 17.5 Å². The second-order valence-electron chi connectivity index (χ2n) is 6.71. The Hall–Kier alpha value is -3.03. The van der Waals surface area contributed by atoms with Crippen molar-refractivity contribution < 1.29 is 14.6 Å². The molecule has 6 nitrogen and oxygen atoms in total. The van der Waals surface area contributed by atoms with Crippen molar-refractivity contribution >= 4 is 28.5 Å². The topological polar surface area (TPSA) is 76.7 Å². The van der Waals surface area contributed by atoms with Gasteiger partial charge in [-0.15, -0.1) is 11.3 Å². The van der Waals surface area contributed by atoms with Gasteiger partial charge >= 0.3 is 0 Å². The molecule has 0 unspecified atom stereocenters. The van der Waals surface area contributed by atoms with Gasteiger partial charge in [-0.2, -0.15) is 0 Å². The fourth-order valence-corrected chi connectivity index (χ4v) is 3.98. The lowest BCUT2D eigenvalue weighted by molar-refractivity contribution is -0.889. The summed E-state index contributed by atoms with van der Waals surface area (Å²) >= 11 is 1.67. The van der Waals surface area contributed by atoms with Crippen molar-refractivity contribution in [2.24, 2.45) is 0 Å². The zero-order chi connectivity index (χ0) is 20.1. The van der Waals surface area contributed by atoms with E-state index >= 15 is 0 Å². The van der Waals surface area contributed by atoms with Crippen LogP contribution in [0.4, 0.5) is 11.4 Å². The molecule has 0 radical (unpaired) electrons. The number of carbonyl (C=O) groups is 1. The van der Waals surface area contributed by atoms with Crippen molar-refractivity contribution in [1.82, 2.24) is 0 Å². The van der Waals surface area contributed by atoms with Crippen LogP contribution in [0.2, 0.25) is 0 Å². The van der Waals surface area contributed by atoms with Crippen molar-refractivity contribution in [2.75, 3.05) is 26.0 Å². The van der Waals surface area contributed by atoms with E-state index in [2.05, 4.69) is 25.5 Å². The van der Waals surface area contributed by atoms with Gasteiger partial charge in [-0.05, 0) is 23.6 Å². The smallest absolute Gasteiger partial charge is 0.293 e. The van der Waals surface area contributed by atoms with E-state index in [1.807, 2.05) is 17.5 Å². The lowest BCUT2D eigenvalue weighted by Crippen LogP contribution is -3.06. The Kier molecular flexibility index (Phi) is 6.18. The minimum absolute atomic E-state index is 0.0968. The van der Waals surface area contributed by atoms with Gasteiger partial charge in [0.25, 0.3) is 5.69 Å². The average Bonchev–Trinajstić information content (AvgIpc) is 3.22. The first-order chi connectivity index (χ1) is 13.5. The van der Waals surface area contributed by atoms with Crippen molar-refractivity contribution in [2.45, 2.75) is 6.04 Å². The standard InChI is InChI=1S/C21H21N3O3S/c1-23(2)19(20-9-6-12-28-20)14-22-17-11-10-16(13-18(17)24(26)27)21(25)15-7-4-3-5-8-15/h3-13,19,22H,14H2,1-2H3/p+1/t19-/m0/s1. The Balaban J connectivity index is 1.83. The Bertz CT molecular complexity index is 956. The van der Waals surface area contributed by atoms with Gasteiger partial charge < -0.3 is 10.2 Å². The molecule has 0 bridgehead atoms. The van der Waals surface area contributed by atoms with Crippen molar-refractivity contribution in [3.8, 4) is 0 Å². The quantitative estimate of drug-likeness (QED) is 0.348. The fraction of sp³-hybridized carbons (Fsp3) is 0.190. The summed E-state index contributed by atoms with van der Waals surface area (Å²) in [7, 11) is 4.12. The van der Waals surface area contributed by atoms with Crippen LogP contribution in [-0.4, -0.2) is 31.3 Å². The Morgan fingerprint density at radius 2 is 1.86 bits per heavy atom. The maximum absolute atomic E-state index is 12.6. The first kappa shape index (κ1) is 19.7. The van der Waals surface area contributed by atoms with Crippen LogP contribution in [0.3, 0.4) is 0 Å². The molecule has 28 heavy (non-hydrogen) atoms. The van der Waals surface area contributed by atoms with Crippen LogP contribution < -0.4 is 10.2 Å². The summed E-state index contributed by atoms with van der Waals surface area (Å²) in [6.45, 7) is 0.551. The van der Waals surface area contributed by atoms with Gasteiger partial charge in [0.1, 0.15) is 11.7 Å². The molecule has 0 saturated carbocycles. The molecule has 0 saturated heterocycles. The number of nitro groups is 1. The molecule has 144 valence electrons. The van der Waals surface area contributed by atoms with Crippen molar-refractivity contribution in [1.29, 1.82) is 0 Å². The molecule has 3 rings (SSSR count). The highest BCUT2D eigenvalue weighted by atomic mass is 32.1. The molecule has 0 aliphatic heterocycles. The summed E-state index contributed by atoms with van der Waals surface area (Å²) in [5.74, 6) is -0.232. The molecular formula is C21H22N3O3S+. The van der Waals surface area contributed by atoms with E-state index in [0.717, 1.165) is 0 Å². The number of likely N-dealkylation sites (N-methyl/N-ethyl adjacent to an activating group) is 1. The largest absolute Gasteiger partial charge is 0.373 e. The number of nitrogens with one attached hydrogen (secondary N) is 2. The summed E-state index contributed by atoms with van der Waals surface area (Å²) < 4.78 is 0. The highest BCUT2D eigenvalue weighted by Gasteiger charge is 2.22. The third-order valence-electron chi connectivity index (χ3n) is 4.57. The lowest BCUT2D eigenvalue weighted by Gasteiger charge is -2.21. The highest BCUT2D eigenvalue weighted by Crippen LogP contribution is 2.27. The molecule has 0 aliphatic rings. The SMILES string of the molecule is C[NH+](C)[C@@H](CNc1ccc(C(=O)c2ccccc2)cc1[N+](=O)[O-])c1cccs1. The minimum atomic E-state index is -0.452. The number of quaternary nitrogens is 1. The summed E-state index contributed by atoms with van der Waals surface area (Å²) in [6.07, 6.45) is 0. The summed E-state index contributed by atoms with van der Waals surface area (Å²) in [5, 5.41) is 16.8. The number of rotatable bonds is 8. The molecule has 1 heterocycles. The van der Waals surface area contributed by atoms with Gasteiger partial charge in [-0.3, -0.25) is 14.9 Å².